The van der Waals surface area contributed by atoms with Crippen LogP contribution in [-0.2, 0) is 10.2 Å². The highest BCUT2D eigenvalue weighted by Gasteiger charge is 2.27. The Balaban J connectivity index is 0.00000145. The molecule has 0 saturated carbocycles. The van der Waals surface area contributed by atoms with Gasteiger partial charge in [-0.15, -0.1) is 11.8 Å². The molecule has 0 saturated heterocycles. The third-order valence-electron chi connectivity index (χ3n) is 4.61. The standard InChI is InChI=1S/C22H20F2O2S.C2H6/c1-4-26-21(25)16-9-8-15(19(23)20(16)24)7-5-14-6-10-18-17(13-14)22(2,3)11-12-27-18;1-2/h6,8-10,13H,4,11-12H2,1-3H3;1-2H3. The van der Waals surface area contributed by atoms with Gasteiger partial charge in [-0.2, -0.15) is 0 Å². The average Bonchev–Trinajstić information content (AvgIpc) is 2.71. The maximum absolute atomic E-state index is 14.3. The first-order valence-corrected chi connectivity index (χ1v) is 10.8. The van der Waals surface area contributed by atoms with Crippen molar-refractivity contribution >= 4 is 17.7 Å². The molecule has 2 aromatic carbocycles. The highest BCUT2D eigenvalue weighted by molar-refractivity contribution is 7.99. The Morgan fingerprint density at radius 3 is 2.55 bits per heavy atom. The monoisotopic (exact) mass is 416 g/mol. The molecule has 0 amide bonds. The van der Waals surface area contributed by atoms with E-state index in [9.17, 15) is 13.6 Å². The van der Waals surface area contributed by atoms with E-state index in [0.717, 1.165) is 17.7 Å². The molecule has 5 heteroatoms. The molecule has 0 radical (unpaired) electrons. The smallest absolute Gasteiger partial charge is 0.341 e. The Kier molecular flexibility index (Phi) is 7.87. The van der Waals surface area contributed by atoms with E-state index in [0.29, 0.717) is 0 Å². The fourth-order valence-corrected chi connectivity index (χ4v) is 4.45. The quantitative estimate of drug-likeness (QED) is 0.422. The van der Waals surface area contributed by atoms with Crippen LogP contribution in [0.4, 0.5) is 8.78 Å². The molecule has 1 aliphatic rings. The molecule has 0 atom stereocenters. The summed E-state index contributed by atoms with van der Waals surface area (Å²) in [5.41, 5.74) is 1.53. The van der Waals surface area contributed by atoms with E-state index >= 15 is 0 Å². The molecule has 1 heterocycles. The Labute approximate surface area is 176 Å². The van der Waals surface area contributed by atoms with E-state index in [4.69, 9.17) is 4.74 Å². The van der Waals surface area contributed by atoms with Gasteiger partial charge in [0.15, 0.2) is 11.6 Å². The number of esters is 1. The average molecular weight is 417 g/mol. The van der Waals surface area contributed by atoms with Gasteiger partial charge >= 0.3 is 5.97 Å². The van der Waals surface area contributed by atoms with Crippen LogP contribution in [0.5, 0.6) is 0 Å². The Bertz CT molecular complexity index is 955. The number of ether oxygens (including phenoxy) is 1. The lowest BCUT2D eigenvalue weighted by molar-refractivity contribution is 0.0520. The van der Waals surface area contributed by atoms with Crippen molar-refractivity contribution in [3.8, 4) is 11.8 Å². The first-order chi connectivity index (χ1) is 13.8. The molecule has 3 rings (SSSR count). The predicted octanol–water partition coefficient (Wildman–Crippen LogP) is 6.34. The molecule has 0 aromatic heterocycles. The van der Waals surface area contributed by atoms with Crippen molar-refractivity contribution in [2.45, 2.75) is 51.3 Å². The molecular formula is C24H26F2O2S. The summed E-state index contributed by atoms with van der Waals surface area (Å²) in [6, 6.07) is 8.45. The fraction of sp³-hybridized carbons (Fsp3) is 0.375. The van der Waals surface area contributed by atoms with Crippen molar-refractivity contribution in [1.29, 1.82) is 0 Å². The van der Waals surface area contributed by atoms with Crippen LogP contribution in [0.1, 0.15) is 68.1 Å². The van der Waals surface area contributed by atoms with Gasteiger partial charge in [0.25, 0.3) is 0 Å². The summed E-state index contributed by atoms with van der Waals surface area (Å²) in [7, 11) is 0. The van der Waals surface area contributed by atoms with Gasteiger partial charge in [0.1, 0.15) is 0 Å². The molecule has 0 fully saturated rings. The summed E-state index contributed by atoms with van der Waals surface area (Å²) in [5, 5.41) is 0. The number of benzene rings is 2. The molecule has 0 aliphatic carbocycles. The summed E-state index contributed by atoms with van der Waals surface area (Å²) in [6.45, 7) is 10.1. The number of carbonyl (C=O) groups excluding carboxylic acids is 1. The number of hydrogen-bond acceptors (Lipinski definition) is 3. The Morgan fingerprint density at radius 1 is 1.14 bits per heavy atom. The molecule has 0 bridgehead atoms. The van der Waals surface area contributed by atoms with Crippen molar-refractivity contribution in [2.24, 2.45) is 0 Å². The second-order valence-electron chi connectivity index (χ2n) is 6.95. The van der Waals surface area contributed by atoms with Crippen molar-refractivity contribution in [3.63, 3.8) is 0 Å². The normalized spacial score (nSPS) is 13.9. The van der Waals surface area contributed by atoms with Crippen LogP contribution in [0.3, 0.4) is 0 Å². The second kappa shape index (κ2) is 9.93. The van der Waals surface area contributed by atoms with Crippen LogP contribution in [0.2, 0.25) is 0 Å². The van der Waals surface area contributed by atoms with Crippen LogP contribution >= 0.6 is 11.8 Å². The zero-order valence-corrected chi connectivity index (χ0v) is 18.3. The largest absolute Gasteiger partial charge is 0.462 e. The number of fused-ring (bicyclic) bond motifs is 1. The van der Waals surface area contributed by atoms with Crippen molar-refractivity contribution < 1.29 is 18.3 Å². The summed E-state index contributed by atoms with van der Waals surface area (Å²) in [4.78, 5) is 12.9. The number of halogens is 2. The fourth-order valence-electron chi connectivity index (χ4n) is 2.97. The topological polar surface area (TPSA) is 26.3 Å². The van der Waals surface area contributed by atoms with Gasteiger partial charge in [-0.3, -0.25) is 0 Å². The molecule has 2 aromatic rings. The van der Waals surface area contributed by atoms with Crippen LogP contribution in [0.25, 0.3) is 0 Å². The number of rotatable bonds is 2. The van der Waals surface area contributed by atoms with Gasteiger partial charge in [-0.05, 0) is 60.4 Å². The molecule has 1 aliphatic heterocycles. The van der Waals surface area contributed by atoms with Gasteiger partial charge in [0, 0.05) is 10.5 Å². The lowest BCUT2D eigenvalue weighted by Crippen LogP contribution is -2.22. The highest BCUT2D eigenvalue weighted by atomic mass is 32.2. The molecule has 154 valence electrons. The summed E-state index contributed by atoms with van der Waals surface area (Å²) in [5.74, 6) is 3.42. The van der Waals surface area contributed by atoms with E-state index in [1.165, 1.54) is 22.6 Å². The summed E-state index contributed by atoms with van der Waals surface area (Å²) < 4.78 is 33.1. The third kappa shape index (κ3) is 5.19. The Hall–Kier alpha value is -2.32. The Morgan fingerprint density at radius 2 is 1.86 bits per heavy atom. The van der Waals surface area contributed by atoms with Crippen LogP contribution in [0, 0.1) is 23.5 Å². The van der Waals surface area contributed by atoms with E-state index in [1.54, 1.807) is 6.92 Å². The molecule has 0 spiro atoms. The maximum Gasteiger partial charge on any atom is 0.341 e. The lowest BCUT2D eigenvalue weighted by Gasteiger charge is -2.32. The van der Waals surface area contributed by atoms with Gasteiger partial charge in [-0.25, -0.2) is 13.6 Å². The molecule has 0 unspecified atom stereocenters. The van der Waals surface area contributed by atoms with E-state index in [-0.39, 0.29) is 17.6 Å². The number of carbonyl (C=O) groups is 1. The van der Waals surface area contributed by atoms with Crippen molar-refractivity contribution in [1.82, 2.24) is 0 Å². The molecular weight excluding hydrogens is 390 g/mol. The van der Waals surface area contributed by atoms with Crippen molar-refractivity contribution in [3.05, 3.63) is 64.2 Å². The maximum atomic E-state index is 14.3. The van der Waals surface area contributed by atoms with Crippen molar-refractivity contribution in [2.75, 3.05) is 12.4 Å². The number of thioether (sulfide) groups is 1. The zero-order chi connectivity index (χ0) is 21.6. The minimum absolute atomic E-state index is 0.0664. The first kappa shape index (κ1) is 23.0. The minimum Gasteiger partial charge on any atom is -0.462 e. The summed E-state index contributed by atoms with van der Waals surface area (Å²) in [6.07, 6.45) is 1.08. The molecule has 29 heavy (non-hydrogen) atoms. The SMILES string of the molecule is CC.CCOC(=O)c1ccc(C#Cc2ccc3c(c2)C(C)(C)CCS3)c(F)c1F. The van der Waals surface area contributed by atoms with Crippen LogP contribution in [-0.4, -0.2) is 18.3 Å². The van der Waals surface area contributed by atoms with Gasteiger partial charge in [0.2, 0.25) is 0 Å². The first-order valence-electron chi connectivity index (χ1n) is 9.78. The third-order valence-corrected chi connectivity index (χ3v) is 5.69. The second-order valence-corrected chi connectivity index (χ2v) is 8.09. The van der Waals surface area contributed by atoms with Gasteiger partial charge in [0.05, 0.1) is 17.7 Å². The van der Waals surface area contributed by atoms with Gasteiger partial charge in [-0.1, -0.05) is 39.5 Å². The molecule has 0 N–H and O–H groups in total. The number of hydrogen-bond donors (Lipinski definition) is 0. The predicted molar refractivity (Wildman–Crippen MR) is 114 cm³/mol. The molecule has 2 nitrogen and oxygen atoms in total. The van der Waals surface area contributed by atoms with Gasteiger partial charge < -0.3 is 4.74 Å². The highest BCUT2D eigenvalue weighted by Crippen LogP contribution is 2.41. The van der Waals surface area contributed by atoms with Crippen LogP contribution in [0.15, 0.2) is 35.2 Å². The summed E-state index contributed by atoms with van der Waals surface area (Å²) >= 11 is 1.83. The minimum atomic E-state index is -1.23. The van der Waals surface area contributed by atoms with E-state index in [2.05, 4.69) is 25.7 Å². The van der Waals surface area contributed by atoms with Crippen LogP contribution < -0.4 is 0 Å². The van der Waals surface area contributed by atoms with E-state index in [1.807, 2.05) is 43.8 Å². The lowest BCUT2D eigenvalue weighted by atomic mass is 9.81. The van der Waals surface area contributed by atoms with E-state index < -0.39 is 23.2 Å². The zero-order valence-electron chi connectivity index (χ0n) is 17.5.